The second-order valence-electron chi connectivity index (χ2n) is 5.13. The molecule has 1 heterocycles. The Labute approximate surface area is 146 Å². The molecule has 1 N–H and O–H groups in total. The van der Waals surface area contributed by atoms with Gasteiger partial charge in [-0.15, -0.1) is 5.10 Å². The SMILES string of the molecule is Cc1ccc([N+](=O)[O-])cc1C(=O)Nc1cc(-n2cnnn2)ccc1Cl. The number of nitro benzene ring substituents is 1. The number of carbonyl (C=O) groups excluding carboxylic acids is 1. The van der Waals surface area contributed by atoms with Crippen LogP contribution in [0.4, 0.5) is 11.4 Å². The molecule has 0 aliphatic carbocycles. The Bertz CT molecular complexity index is 958. The number of aromatic nitrogens is 4. The number of hydrogen-bond donors (Lipinski definition) is 1. The Morgan fingerprint density at radius 3 is 2.76 bits per heavy atom. The van der Waals surface area contributed by atoms with Gasteiger partial charge in [0.25, 0.3) is 11.6 Å². The summed E-state index contributed by atoms with van der Waals surface area (Å²) >= 11 is 6.13. The summed E-state index contributed by atoms with van der Waals surface area (Å²) in [6, 6.07) is 8.97. The molecular weight excluding hydrogens is 348 g/mol. The van der Waals surface area contributed by atoms with Gasteiger partial charge in [0.05, 0.1) is 21.3 Å². The minimum atomic E-state index is -0.554. The first-order valence-electron chi connectivity index (χ1n) is 7.05. The lowest BCUT2D eigenvalue weighted by atomic mass is 10.1. The normalized spacial score (nSPS) is 10.5. The molecule has 126 valence electrons. The number of rotatable bonds is 4. The maximum Gasteiger partial charge on any atom is 0.270 e. The molecule has 0 aliphatic heterocycles. The van der Waals surface area contributed by atoms with Crippen molar-refractivity contribution in [2.24, 2.45) is 0 Å². The summed E-state index contributed by atoms with van der Waals surface area (Å²) in [5.74, 6) is -0.503. The fourth-order valence-electron chi connectivity index (χ4n) is 2.19. The van der Waals surface area contributed by atoms with Crippen molar-refractivity contribution in [3.63, 3.8) is 0 Å². The number of halogens is 1. The van der Waals surface area contributed by atoms with Gasteiger partial charge in [-0.3, -0.25) is 14.9 Å². The molecule has 0 radical (unpaired) electrons. The summed E-state index contributed by atoms with van der Waals surface area (Å²) in [6.07, 6.45) is 1.40. The highest BCUT2D eigenvalue weighted by atomic mass is 35.5. The summed E-state index contributed by atoms with van der Waals surface area (Å²) in [5, 5.41) is 24.7. The molecule has 0 fully saturated rings. The van der Waals surface area contributed by atoms with Gasteiger partial charge in [-0.2, -0.15) is 0 Å². The summed E-state index contributed by atoms with van der Waals surface area (Å²) in [7, 11) is 0. The molecule has 10 heteroatoms. The third-order valence-electron chi connectivity index (χ3n) is 3.49. The first-order valence-corrected chi connectivity index (χ1v) is 7.43. The van der Waals surface area contributed by atoms with Crippen molar-refractivity contribution in [2.75, 3.05) is 5.32 Å². The zero-order valence-electron chi connectivity index (χ0n) is 12.9. The third-order valence-corrected chi connectivity index (χ3v) is 3.82. The molecule has 0 atom stereocenters. The van der Waals surface area contributed by atoms with Crippen LogP contribution in [0.25, 0.3) is 5.69 Å². The molecule has 9 nitrogen and oxygen atoms in total. The summed E-state index contributed by atoms with van der Waals surface area (Å²) in [6.45, 7) is 1.69. The minimum Gasteiger partial charge on any atom is -0.321 e. The van der Waals surface area contributed by atoms with E-state index in [4.69, 9.17) is 11.6 Å². The molecule has 0 unspecified atom stereocenters. The number of tetrazole rings is 1. The molecule has 0 bridgehead atoms. The van der Waals surface area contributed by atoms with Gasteiger partial charge in [0.2, 0.25) is 0 Å². The van der Waals surface area contributed by atoms with Crippen LogP contribution in [0.5, 0.6) is 0 Å². The summed E-state index contributed by atoms with van der Waals surface area (Å²) in [5.41, 5.74) is 1.57. The highest BCUT2D eigenvalue weighted by Crippen LogP contribution is 2.26. The minimum absolute atomic E-state index is 0.163. The predicted octanol–water partition coefficient (Wildman–Crippen LogP) is 2.78. The fraction of sp³-hybridized carbons (Fsp3) is 0.0667. The van der Waals surface area contributed by atoms with E-state index < -0.39 is 10.8 Å². The summed E-state index contributed by atoms with van der Waals surface area (Å²) in [4.78, 5) is 22.9. The number of benzene rings is 2. The largest absolute Gasteiger partial charge is 0.321 e. The lowest BCUT2D eigenvalue weighted by Crippen LogP contribution is -2.14. The lowest BCUT2D eigenvalue weighted by Gasteiger charge is -2.10. The van der Waals surface area contributed by atoms with Crippen molar-refractivity contribution in [1.82, 2.24) is 20.2 Å². The number of carbonyl (C=O) groups is 1. The standard InChI is InChI=1S/C15H11ClN6O3/c1-9-2-3-11(22(24)25)6-12(9)15(23)18-14-7-10(4-5-13(14)16)21-8-17-19-20-21/h2-8H,1H3,(H,18,23). The van der Waals surface area contributed by atoms with Gasteiger partial charge in [0.15, 0.2) is 0 Å². The Morgan fingerprint density at radius 1 is 1.28 bits per heavy atom. The molecule has 3 aromatic rings. The van der Waals surface area contributed by atoms with Crippen LogP contribution in [0.15, 0.2) is 42.7 Å². The van der Waals surface area contributed by atoms with Crippen molar-refractivity contribution < 1.29 is 9.72 Å². The van der Waals surface area contributed by atoms with Crippen LogP contribution in [0.1, 0.15) is 15.9 Å². The van der Waals surface area contributed by atoms with Crippen LogP contribution < -0.4 is 5.32 Å². The van der Waals surface area contributed by atoms with Crippen molar-refractivity contribution >= 4 is 28.9 Å². The molecular formula is C15H11ClN6O3. The van der Waals surface area contributed by atoms with Gasteiger partial charge < -0.3 is 5.32 Å². The zero-order chi connectivity index (χ0) is 18.0. The van der Waals surface area contributed by atoms with Crippen LogP contribution in [-0.4, -0.2) is 31.0 Å². The molecule has 0 aliphatic rings. The molecule has 0 saturated heterocycles. The third kappa shape index (κ3) is 3.45. The topological polar surface area (TPSA) is 116 Å². The molecule has 1 amide bonds. The molecule has 0 saturated carbocycles. The van der Waals surface area contributed by atoms with E-state index in [0.29, 0.717) is 22.0 Å². The van der Waals surface area contributed by atoms with E-state index in [1.54, 1.807) is 25.1 Å². The van der Waals surface area contributed by atoms with Gasteiger partial charge in [0, 0.05) is 17.7 Å². The number of hydrogen-bond acceptors (Lipinski definition) is 6. The number of nitrogens with one attached hydrogen (secondary N) is 1. The van der Waals surface area contributed by atoms with Crippen LogP contribution in [0.2, 0.25) is 5.02 Å². The van der Waals surface area contributed by atoms with Crippen LogP contribution in [0, 0.1) is 17.0 Å². The Kier molecular flexibility index (Phi) is 4.40. The lowest BCUT2D eigenvalue weighted by molar-refractivity contribution is -0.384. The maximum absolute atomic E-state index is 12.5. The average Bonchev–Trinajstić information content (AvgIpc) is 3.11. The highest BCUT2D eigenvalue weighted by molar-refractivity contribution is 6.34. The first-order chi connectivity index (χ1) is 12.0. The van der Waals surface area contributed by atoms with Gasteiger partial charge in [-0.05, 0) is 41.1 Å². The Balaban J connectivity index is 1.92. The van der Waals surface area contributed by atoms with Gasteiger partial charge in [-0.25, -0.2) is 4.68 Å². The Morgan fingerprint density at radius 2 is 2.08 bits per heavy atom. The molecule has 3 rings (SSSR count). The van der Waals surface area contributed by atoms with Crippen LogP contribution in [-0.2, 0) is 0 Å². The van der Waals surface area contributed by atoms with E-state index in [0.717, 1.165) is 0 Å². The number of anilines is 1. The highest BCUT2D eigenvalue weighted by Gasteiger charge is 2.16. The Hall–Kier alpha value is -3.33. The molecule has 25 heavy (non-hydrogen) atoms. The molecule has 0 spiro atoms. The van der Waals surface area contributed by atoms with Crippen molar-refractivity contribution in [2.45, 2.75) is 6.92 Å². The van der Waals surface area contributed by atoms with Crippen molar-refractivity contribution in [1.29, 1.82) is 0 Å². The quantitative estimate of drug-likeness (QED) is 0.566. The van der Waals surface area contributed by atoms with Crippen molar-refractivity contribution in [3.8, 4) is 5.69 Å². The monoisotopic (exact) mass is 358 g/mol. The van der Waals surface area contributed by atoms with E-state index in [1.807, 2.05) is 0 Å². The van der Waals surface area contributed by atoms with E-state index in [1.165, 1.54) is 29.2 Å². The van der Waals surface area contributed by atoms with Crippen molar-refractivity contribution in [3.05, 3.63) is 69.0 Å². The van der Waals surface area contributed by atoms with Gasteiger partial charge in [-0.1, -0.05) is 17.7 Å². The number of amides is 1. The second kappa shape index (κ2) is 6.65. The average molecular weight is 359 g/mol. The van der Waals surface area contributed by atoms with E-state index >= 15 is 0 Å². The number of nitro groups is 1. The predicted molar refractivity (Wildman–Crippen MR) is 90.0 cm³/mol. The van der Waals surface area contributed by atoms with Gasteiger partial charge in [0.1, 0.15) is 6.33 Å². The van der Waals surface area contributed by atoms with Crippen LogP contribution >= 0.6 is 11.6 Å². The zero-order valence-corrected chi connectivity index (χ0v) is 13.6. The van der Waals surface area contributed by atoms with E-state index in [2.05, 4.69) is 20.8 Å². The maximum atomic E-state index is 12.5. The molecule has 1 aromatic heterocycles. The van der Waals surface area contributed by atoms with E-state index in [-0.39, 0.29) is 11.3 Å². The smallest absolute Gasteiger partial charge is 0.270 e. The number of aryl methyl sites for hydroxylation is 1. The number of nitrogens with zero attached hydrogens (tertiary/aromatic N) is 5. The summed E-state index contributed by atoms with van der Waals surface area (Å²) < 4.78 is 1.41. The first kappa shape index (κ1) is 16.5. The van der Waals surface area contributed by atoms with Crippen LogP contribution in [0.3, 0.4) is 0 Å². The second-order valence-corrected chi connectivity index (χ2v) is 5.54. The molecule has 2 aromatic carbocycles. The number of non-ortho nitro benzene ring substituents is 1. The van der Waals surface area contributed by atoms with Gasteiger partial charge >= 0.3 is 0 Å². The van der Waals surface area contributed by atoms with E-state index in [9.17, 15) is 14.9 Å². The fourth-order valence-corrected chi connectivity index (χ4v) is 2.35.